The van der Waals surface area contributed by atoms with Gasteiger partial charge in [-0.1, -0.05) is 6.92 Å². The molecule has 7 heteroatoms. The van der Waals surface area contributed by atoms with Crippen molar-refractivity contribution in [2.75, 3.05) is 35.2 Å². The zero-order chi connectivity index (χ0) is 21.6. The van der Waals surface area contributed by atoms with Crippen LogP contribution in [0.5, 0.6) is 34.5 Å². The van der Waals surface area contributed by atoms with Crippen LogP contribution in [0.15, 0.2) is 12.1 Å². The summed E-state index contributed by atoms with van der Waals surface area (Å²) in [6, 6.07) is 3.87. The summed E-state index contributed by atoms with van der Waals surface area (Å²) in [5.74, 6) is 3.32. The Morgan fingerprint density at radius 3 is 2.20 bits per heavy atom. The van der Waals surface area contributed by atoms with Gasteiger partial charge in [0.2, 0.25) is 18.3 Å². The normalized spacial score (nSPS) is 21.8. The van der Waals surface area contributed by atoms with E-state index in [2.05, 4.69) is 0 Å². The molecule has 0 bridgehead atoms. The molecule has 0 fully saturated rings. The highest BCUT2D eigenvalue weighted by atomic mass is 16.7. The maximum absolute atomic E-state index is 11.3. The van der Waals surface area contributed by atoms with Gasteiger partial charge in [0.25, 0.3) is 0 Å². The number of aliphatic hydroxyl groups is 1. The van der Waals surface area contributed by atoms with Crippen LogP contribution in [0.4, 0.5) is 0 Å². The zero-order valence-corrected chi connectivity index (χ0v) is 18.3. The van der Waals surface area contributed by atoms with Crippen LogP contribution in [0.2, 0.25) is 0 Å². The van der Waals surface area contributed by atoms with Gasteiger partial charge in [-0.25, -0.2) is 0 Å². The predicted molar refractivity (Wildman–Crippen MR) is 111 cm³/mol. The minimum absolute atomic E-state index is 0.0198. The summed E-state index contributed by atoms with van der Waals surface area (Å²) in [5, 5.41) is 11.3. The number of benzene rings is 2. The van der Waals surface area contributed by atoms with Crippen LogP contribution in [0.3, 0.4) is 0 Å². The minimum atomic E-state index is -0.944. The third-order valence-corrected chi connectivity index (χ3v) is 6.20. The molecule has 4 rings (SSSR count). The summed E-state index contributed by atoms with van der Waals surface area (Å²) in [5.41, 5.74) is 2.57. The maximum atomic E-state index is 11.3. The van der Waals surface area contributed by atoms with Crippen molar-refractivity contribution in [2.45, 2.75) is 32.3 Å². The molecule has 162 valence electrons. The lowest BCUT2D eigenvalue weighted by atomic mass is 9.75. The molecule has 7 nitrogen and oxygen atoms in total. The summed E-state index contributed by atoms with van der Waals surface area (Å²) in [6.45, 7) is 4.04. The van der Waals surface area contributed by atoms with E-state index >= 15 is 0 Å². The van der Waals surface area contributed by atoms with Gasteiger partial charge >= 0.3 is 0 Å². The second-order valence-electron chi connectivity index (χ2n) is 8.00. The van der Waals surface area contributed by atoms with E-state index in [1.807, 2.05) is 26.0 Å². The van der Waals surface area contributed by atoms with Crippen molar-refractivity contribution in [1.82, 2.24) is 0 Å². The van der Waals surface area contributed by atoms with Gasteiger partial charge in [0, 0.05) is 17.5 Å². The first-order valence-electron chi connectivity index (χ1n) is 9.90. The lowest BCUT2D eigenvalue weighted by Gasteiger charge is -2.35. The van der Waals surface area contributed by atoms with E-state index in [1.165, 1.54) is 0 Å². The molecule has 2 aromatic rings. The molecule has 1 aliphatic carbocycles. The molecule has 0 spiro atoms. The Morgan fingerprint density at radius 2 is 1.57 bits per heavy atom. The molecular formula is C23H28O7. The Hall–Kier alpha value is -2.80. The van der Waals surface area contributed by atoms with Crippen molar-refractivity contribution < 1.29 is 33.5 Å². The second-order valence-corrected chi connectivity index (χ2v) is 8.00. The first-order chi connectivity index (χ1) is 14.4. The van der Waals surface area contributed by atoms with Crippen LogP contribution >= 0.6 is 0 Å². The molecule has 30 heavy (non-hydrogen) atoms. The molecule has 0 aromatic heterocycles. The van der Waals surface area contributed by atoms with E-state index in [-0.39, 0.29) is 12.7 Å². The molecule has 2 atom stereocenters. The van der Waals surface area contributed by atoms with Gasteiger partial charge in [-0.05, 0) is 42.5 Å². The Balaban J connectivity index is 2.14. The van der Waals surface area contributed by atoms with Gasteiger partial charge in [-0.15, -0.1) is 0 Å². The standard InChI is InChI=1S/C23H28O7/c1-12-7-13-8-16-20(30-11-29-16)22(28-6)17(13)18-14(10-23(12,2)24)9-15(25-3)19(26-4)21(18)27-5/h8-9,12,24H,7,10-11H2,1-6H3/t12-,23-/m0/s1. The molecule has 0 saturated carbocycles. The van der Waals surface area contributed by atoms with E-state index in [1.54, 1.807) is 28.4 Å². The summed E-state index contributed by atoms with van der Waals surface area (Å²) in [6.07, 6.45) is 1.05. The zero-order valence-electron chi connectivity index (χ0n) is 18.3. The third kappa shape index (κ3) is 2.99. The average molecular weight is 416 g/mol. The van der Waals surface area contributed by atoms with Gasteiger partial charge in [0.1, 0.15) is 0 Å². The van der Waals surface area contributed by atoms with Crippen molar-refractivity contribution in [1.29, 1.82) is 0 Å². The van der Waals surface area contributed by atoms with E-state index in [0.717, 1.165) is 22.3 Å². The quantitative estimate of drug-likeness (QED) is 0.816. The average Bonchev–Trinajstić information content (AvgIpc) is 3.19. The number of fused-ring (bicyclic) bond motifs is 4. The molecule has 2 aromatic carbocycles. The van der Waals surface area contributed by atoms with Crippen LogP contribution in [0, 0.1) is 5.92 Å². The maximum Gasteiger partial charge on any atom is 0.231 e. The Morgan fingerprint density at radius 1 is 0.900 bits per heavy atom. The predicted octanol–water partition coefficient (Wildman–Crippen LogP) is 3.60. The molecule has 1 heterocycles. The molecule has 0 unspecified atom stereocenters. The number of hydrogen-bond donors (Lipinski definition) is 1. The molecular weight excluding hydrogens is 388 g/mol. The van der Waals surface area contributed by atoms with Gasteiger partial charge in [-0.2, -0.15) is 0 Å². The lowest BCUT2D eigenvalue weighted by Crippen LogP contribution is -2.37. The van der Waals surface area contributed by atoms with E-state index in [9.17, 15) is 5.11 Å². The van der Waals surface area contributed by atoms with Crippen LogP contribution in [0.1, 0.15) is 25.0 Å². The van der Waals surface area contributed by atoms with Crippen LogP contribution in [0.25, 0.3) is 11.1 Å². The summed E-state index contributed by atoms with van der Waals surface area (Å²) >= 11 is 0. The SMILES string of the molecule is COc1cc2c(c(OC)c1OC)-c1c(cc3c(c1OC)OCO3)C[C@H](C)[C@@](C)(O)C2. The minimum Gasteiger partial charge on any atom is -0.493 e. The Labute approximate surface area is 176 Å². The van der Waals surface area contributed by atoms with Crippen LogP contribution in [-0.2, 0) is 12.8 Å². The van der Waals surface area contributed by atoms with Crippen molar-refractivity contribution >= 4 is 0 Å². The first kappa shape index (κ1) is 20.5. The lowest BCUT2D eigenvalue weighted by molar-refractivity contribution is 0.00629. The van der Waals surface area contributed by atoms with Crippen molar-refractivity contribution in [3.05, 3.63) is 23.3 Å². The third-order valence-electron chi connectivity index (χ3n) is 6.20. The number of methoxy groups -OCH3 is 4. The molecule has 0 radical (unpaired) electrons. The highest BCUT2D eigenvalue weighted by Crippen LogP contribution is 2.56. The summed E-state index contributed by atoms with van der Waals surface area (Å²) < 4.78 is 34.2. The smallest absolute Gasteiger partial charge is 0.231 e. The van der Waals surface area contributed by atoms with Gasteiger partial charge in [0.05, 0.1) is 34.0 Å². The van der Waals surface area contributed by atoms with Crippen molar-refractivity contribution in [3.63, 3.8) is 0 Å². The summed E-state index contributed by atoms with van der Waals surface area (Å²) in [4.78, 5) is 0. The summed E-state index contributed by atoms with van der Waals surface area (Å²) in [7, 11) is 6.37. The fourth-order valence-electron chi connectivity index (χ4n) is 4.42. The molecule has 1 N–H and O–H groups in total. The van der Waals surface area contributed by atoms with Crippen LogP contribution < -0.4 is 28.4 Å². The number of ether oxygens (including phenoxy) is 6. The Kier molecular flexibility index (Phi) is 5.10. The van der Waals surface area contributed by atoms with Crippen molar-refractivity contribution in [3.8, 4) is 45.6 Å². The molecule has 2 aliphatic rings. The first-order valence-corrected chi connectivity index (χ1v) is 9.90. The molecule has 0 amide bonds. The number of rotatable bonds is 4. The monoisotopic (exact) mass is 416 g/mol. The highest BCUT2D eigenvalue weighted by molar-refractivity contribution is 5.88. The molecule has 0 saturated heterocycles. The topological polar surface area (TPSA) is 75.6 Å². The van der Waals surface area contributed by atoms with E-state index in [4.69, 9.17) is 28.4 Å². The van der Waals surface area contributed by atoms with Gasteiger partial charge < -0.3 is 33.5 Å². The largest absolute Gasteiger partial charge is 0.493 e. The molecule has 1 aliphatic heterocycles. The number of hydrogen-bond acceptors (Lipinski definition) is 7. The van der Waals surface area contributed by atoms with E-state index in [0.29, 0.717) is 47.3 Å². The van der Waals surface area contributed by atoms with Crippen LogP contribution in [-0.4, -0.2) is 45.9 Å². The fraction of sp³-hybridized carbons (Fsp3) is 0.478. The van der Waals surface area contributed by atoms with Gasteiger partial charge in [-0.3, -0.25) is 0 Å². The van der Waals surface area contributed by atoms with E-state index < -0.39 is 5.60 Å². The second kappa shape index (κ2) is 7.47. The van der Waals surface area contributed by atoms with Gasteiger partial charge in [0.15, 0.2) is 23.0 Å². The highest BCUT2D eigenvalue weighted by Gasteiger charge is 2.38. The Bertz CT molecular complexity index is 980. The fourth-order valence-corrected chi connectivity index (χ4v) is 4.42. The van der Waals surface area contributed by atoms with Crippen molar-refractivity contribution in [2.24, 2.45) is 5.92 Å².